The van der Waals surface area contributed by atoms with E-state index in [-0.39, 0.29) is 28.6 Å². The first-order chi connectivity index (χ1) is 23.4. The molecule has 0 bridgehead atoms. The summed E-state index contributed by atoms with van der Waals surface area (Å²) in [7, 11) is -3.73. The Morgan fingerprint density at radius 3 is 2.16 bits per heavy atom. The van der Waals surface area contributed by atoms with Crippen molar-refractivity contribution in [2.75, 3.05) is 0 Å². The number of amides is 2. The number of nitrogens with zero attached hydrogens (tertiary/aromatic N) is 1. The van der Waals surface area contributed by atoms with Crippen LogP contribution in [0.25, 0.3) is 0 Å². The number of likely N-dealkylation sites (tertiary alicyclic amines) is 1. The van der Waals surface area contributed by atoms with Crippen LogP contribution >= 0.6 is 0 Å². The van der Waals surface area contributed by atoms with Gasteiger partial charge in [-0.25, -0.2) is 0 Å². The summed E-state index contributed by atoms with van der Waals surface area (Å²) < 4.78 is 6.85. The molecule has 2 aliphatic carbocycles. The summed E-state index contributed by atoms with van der Waals surface area (Å²) in [4.78, 5) is 46.6. The number of ketones is 1. The minimum Gasteiger partial charge on any atom is -0.546 e. The Hall–Kier alpha value is -3.56. The van der Waals surface area contributed by atoms with Gasteiger partial charge in [0.15, 0.2) is 5.78 Å². The van der Waals surface area contributed by atoms with Crippen LogP contribution in [-0.2, 0) is 20.4 Å². The van der Waals surface area contributed by atoms with E-state index in [0.29, 0.717) is 18.4 Å². The molecular formula is C43H57NO4Si2. The molecule has 1 saturated heterocycles. The lowest BCUT2D eigenvalue weighted by molar-refractivity contribution is -0.145. The fraction of sp³-hybridized carbons (Fsp3) is 0.465. The fourth-order valence-corrected chi connectivity index (χ4v) is 10.8. The van der Waals surface area contributed by atoms with E-state index in [4.69, 9.17) is 4.43 Å². The predicted octanol–water partition coefficient (Wildman–Crippen LogP) is 10.2. The van der Waals surface area contributed by atoms with Gasteiger partial charge in [-0.15, -0.1) is 0 Å². The topological polar surface area (TPSA) is 63.7 Å². The zero-order valence-electron chi connectivity index (χ0n) is 31.9. The Bertz CT molecular complexity index is 1730. The standard InChI is InChI=1S/C43H57NO4Si2/c1-30-25-26-38(45)43-35(23-17-18-24-37(30)48-50(9,10)42(3,4)5)28-34(29-49(6,7)8)31(2)39(43)36(27-32-19-13-11-14-20-32)44(41(43)47)40(46)33-21-15-12-16-22-33/h11-17,19-23,25-26,28,31,35-36,39H,18,24,27,29H2,1-10H3/b23-17+,26-25+,37-30+/t31-,35+,36+,39+,43-/m1/s1. The molecule has 0 radical (unpaired) electrons. The highest BCUT2D eigenvalue weighted by Crippen LogP contribution is 2.58. The summed E-state index contributed by atoms with van der Waals surface area (Å²) in [5.74, 6) is -0.993. The molecular weight excluding hydrogens is 651 g/mol. The first-order valence-electron chi connectivity index (χ1n) is 18.3. The molecule has 266 valence electrons. The molecule has 7 heteroatoms. The van der Waals surface area contributed by atoms with Crippen molar-refractivity contribution in [3.63, 3.8) is 0 Å². The Kier molecular flexibility index (Phi) is 10.7. The highest BCUT2D eigenvalue weighted by atomic mass is 28.4. The molecule has 0 N–H and O–H groups in total. The monoisotopic (exact) mass is 707 g/mol. The van der Waals surface area contributed by atoms with Crippen molar-refractivity contribution in [1.82, 2.24) is 4.90 Å². The summed E-state index contributed by atoms with van der Waals surface area (Å²) in [6.07, 6.45) is 11.9. The molecule has 5 nitrogen and oxygen atoms in total. The molecule has 1 aliphatic heterocycles. The van der Waals surface area contributed by atoms with Gasteiger partial charge in [0.25, 0.3) is 5.91 Å². The lowest BCUT2D eigenvalue weighted by Gasteiger charge is -2.45. The number of imide groups is 1. The van der Waals surface area contributed by atoms with E-state index in [1.807, 2.05) is 49.4 Å². The van der Waals surface area contributed by atoms with E-state index >= 15 is 9.59 Å². The third kappa shape index (κ3) is 7.27. The molecule has 2 aromatic carbocycles. The van der Waals surface area contributed by atoms with E-state index in [1.165, 1.54) is 10.5 Å². The minimum atomic E-state index is -2.14. The molecule has 3 aliphatic rings. The first kappa shape index (κ1) is 37.7. The van der Waals surface area contributed by atoms with E-state index in [2.05, 4.69) is 90.8 Å². The number of rotatable bonds is 7. The first-order valence-corrected chi connectivity index (χ1v) is 25.0. The summed E-state index contributed by atoms with van der Waals surface area (Å²) in [6, 6.07) is 19.6. The van der Waals surface area contributed by atoms with Gasteiger partial charge in [-0.2, -0.15) is 0 Å². The van der Waals surface area contributed by atoms with E-state index < -0.39 is 39.7 Å². The van der Waals surface area contributed by atoms with Gasteiger partial charge in [0.2, 0.25) is 14.2 Å². The van der Waals surface area contributed by atoms with E-state index in [9.17, 15) is 4.79 Å². The van der Waals surface area contributed by atoms with Crippen LogP contribution in [0, 0.1) is 23.2 Å². The van der Waals surface area contributed by atoms with Crippen molar-refractivity contribution in [2.24, 2.45) is 23.2 Å². The largest absolute Gasteiger partial charge is 0.546 e. The second kappa shape index (κ2) is 14.2. The molecule has 0 unspecified atom stereocenters. The molecule has 0 saturated carbocycles. The highest BCUT2D eigenvalue weighted by molar-refractivity contribution is 6.76. The third-order valence-electron chi connectivity index (χ3n) is 11.5. The van der Waals surface area contributed by atoms with Crippen molar-refractivity contribution in [3.8, 4) is 0 Å². The smallest absolute Gasteiger partial charge is 0.260 e. The van der Waals surface area contributed by atoms with Crippen molar-refractivity contribution >= 4 is 34.0 Å². The van der Waals surface area contributed by atoms with Crippen LogP contribution < -0.4 is 0 Å². The Morgan fingerprint density at radius 2 is 1.56 bits per heavy atom. The quantitative estimate of drug-likeness (QED) is 0.124. The molecule has 2 aromatic rings. The van der Waals surface area contributed by atoms with Gasteiger partial charge in [0.1, 0.15) is 5.41 Å². The van der Waals surface area contributed by atoms with Gasteiger partial charge in [-0.3, -0.25) is 19.3 Å². The van der Waals surface area contributed by atoms with Crippen LogP contribution in [0.1, 0.15) is 63.4 Å². The van der Waals surface area contributed by atoms with E-state index in [0.717, 1.165) is 29.4 Å². The second-order valence-corrected chi connectivity index (χ2v) is 27.6. The van der Waals surface area contributed by atoms with Gasteiger partial charge in [-0.05, 0) is 79.2 Å². The van der Waals surface area contributed by atoms with Gasteiger partial charge >= 0.3 is 0 Å². The van der Waals surface area contributed by atoms with Crippen LogP contribution in [0.2, 0.25) is 43.8 Å². The molecule has 5 atom stereocenters. The zero-order valence-corrected chi connectivity index (χ0v) is 33.9. The molecule has 1 heterocycles. The Morgan fingerprint density at radius 1 is 0.940 bits per heavy atom. The lowest BCUT2D eigenvalue weighted by atomic mass is 9.55. The third-order valence-corrected chi connectivity index (χ3v) is 17.4. The van der Waals surface area contributed by atoms with Gasteiger partial charge in [-0.1, -0.05) is 126 Å². The summed E-state index contributed by atoms with van der Waals surface area (Å²) >= 11 is 0. The van der Waals surface area contributed by atoms with Crippen molar-refractivity contribution in [2.45, 2.75) is 104 Å². The van der Waals surface area contributed by atoms with Crippen molar-refractivity contribution in [1.29, 1.82) is 0 Å². The normalized spacial score (nSPS) is 29.0. The average Bonchev–Trinajstić information content (AvgIpc) is 3.29. The fourth-order valence-electron chi connectivity index (χ4n) is 7.98. The van der Waals surface area contributed by atoms with Gasteiger partial charge in [0, 0.05) is 37.9 Å². The molecule has 1 spiro atoms. The maximum absolute atomic E-state index is 15.4. The summed E-state index contributed by atoms with van der Waals surface area (Å²) in [5.41, 5.74) is 2.26. The molecule has 50 heavy (non-hydrogen) atoms. The molecule has 1 fully saturated rings. The summed E-state index contributed by atoms with van der Waals surface area (Å²) in [5, 5.41) is 0.0233. The van der Waals surface area contributed by atoms with Crippen LogP contribution in [-0.4, -0.2) is 44.9 Å². The van der Waals surface area contributed by atoms with E-state index in [1.54, 1.807) is 18.2 Å². The lowest BCUT2D eigenvalue weighted by Crippen LogP contribution is -2.52. The van der Waals surface area contributed by atoms with Crippen LogP contribution in [0.5, 0.6) is 0 Å². The van der Waals surface area contributed by atoms with Crippen LogP contribution in [0.15, 0.2) is 108 Å². The number of hydrogen-bond acceptors (Lipinski definition) is 4. The number of benzene rings is 2. The SMILES string of the molecule is CC1=C(\O[Si](C)(C)C(C)(C)C)CC/C=C/[C@H]2C=C(C[Si](C)(C)C)[C@@H](C)[C@H]3[C@H](Cc4ccccc4)N(C(=O)c4ccccc4)C(=O)[C@]32C(=O)\C=C\1. The number of carbonyl (C=O) groups excluding carboxylic acids is 3. The summed E-state index contributed by atoms with van der Waals surface area (Å²) in [6.45, 7) is 22.5. The van der Waals surface area contributed by atoms with Crippen LogP contribution in [0.4, 0.5) is 0 Å². The minimum absolute atomic E-state index is 0.0233. The highest BCUT2D eigenvalue weighted by Gasteiger charge is 2.69. The van der Waals surface area contributed by atoms with Gasteiger partial charge in [0.05, 0.1) is 5.76 Å². The second-order valence-electron chi connectivity index (χ2n) is 17.4. The Labute approximate surface area is 302 Å². The average molecular weight is 708 g/mol. The maximum atomic E-state index is 15.4. The van der Waals surface area contributed by atoms with Crippen LogP contribution in [0.3, 0.4) is 0 Å². The number of carbonyl (C=O) groups is 3. The molecule has 2 amide bonds. The molecule has 0 aromatic heterocycles. The zero-order chi connectivity index (χ0) is 36.6. The molecule has 5 rings (SSSR count). The maximum Gasteiger partial charge on any atom is 0.260 e. The van der Waals surface area contributed by atoms with Gasteiger partial charge < -0.3 is 4.43 Å². The van der Waals surface area contributed by atoms with Crippen molar-refractivity contribution < 1.29 is 18.8 Å². The predicted molar refractivity (Wildman–Crippen MR) is 210 cm³/mol. The number of allylic oxidation sites excluding steroid dienone is 8. The van der Waals surface area contributed by atoms with Crippen molar-refractivity contribution in [3.05, 3.63) is 119 Å². The number of hydrogen-bond donors (Lipinski definition) is 0. The Balaban J connectivity index is 1.73.